The number of rotatable bonds is 9. The molecule has 1 aromatic heterocycles. The predicted molar refractivity (Wildman–Crippen MR) is 87.9 cm³/mol. The summed E-state index contributed by atoms with van der Waals surface area (Å²) in [4.78, 5) is 16.1. The molecule has 1 atom stereocenters. The number of esters is 1. The number of halogens is 1. The zero-order chi connectivity index (χ0) is 15.7. The SMILES string of the molecule is CCOC(=O)C(C)(CCCCSc1ccc(Cl)cn1)NC. The van der Waals surface area contributed by atoms with Crippen molar-refractivity contribution in [1.29, 1.82) is 0 Å². The van der Waals surface area contributed by atoms with Crippen molar-refractivity contribution in [3.8, 4) is 0 Å². The summed E-state index contributed by atoms with van der Waals surface area (Å²) < 4.78 is 5.11. The fourth-order valence-electron chi connectivity index (χ4n) is 1.82. The lowest BCUT2D eigenvalue weighted by Crippen LogP contribution is -2.48. The van der Waals surface area contributed by atoms with Crippen LogP contribution in [0.2, 0.25) is 5.02 Å². The number of pyridine rings is 1. The fourth-order valence-corrected chi connectivity index (χ4v) is 2.79. The monoisotopic (exact) mass is 330 g/mol. The summed E-state index contributed by atoms with van der Waals surface area (Å²) in [6.07, 6.45) is 4.39. The van der Waals surface area contributed by atoms with Crippen molar-refractivity contribution >= 4 is 29.3 Å². The smallest absolute Gasteiger partial charge is 0.326 e. The molecular weight excluding hydrogens is 308 g/mol. The lowest BCUT2D eigenvalue weighted by atomic mass is 9.95. The van der Waals surface area contributed by atoms with Crippen LogP contribution >= 0.6 is 23.4 Å². The Morgan fingerprint density at radius 1 is 1.48 bits per heavy atom. The van der Waals surface area contributed by atoms with Crippen LogP contribution in [0.15, 0.2) is 23.4 Å². The van der Waals surface area contributed by atoms with E-state index in [9.17, 15) is 4.79 Å². The molecule has 1 N–H and O–H groups in total. The maximum absolute atomic E-state index is 11.9. The van der Waals surface area contributed by atoms with Crippen molar-refractivity contribution in [3.63, 3.8) is 0 Å². The summed E-state index contributed by atoms with van der Waals surface area (Å²) in [5.41, 5.74) is -0.598. The van der Waals surface area contributed by atoms with Gasteiger partial charge in [0.2, 0.25) is 0 Å². The first-order chi connectivity index (χ1) is 10.0. The van der Waals surface area contributed by atoms with E-state index in [1.807, 2.05) is 26.0 Å². The average Bonchev–Trinajstić information content (AvgIpc) is 2.48. The van der Waals surface area contributed by atoms with E-state index in [2.05, 4.69) is 10.3 Å². The highest BCUT2D eigenvalue weighted by atomic mass is 35.5. The zero-order valence-corrected chi connectivity index (χ0v) is 14.4. The van der Waals surface area contributed by atoms with Gasteiger partial charge in [0.1, 0.15) is 5.54 Å². The van der Waals surface area contributed by atoms with Crippen LogP contribution in [0.3, 0.4) is 0 Å². The molecule has 1 unspecified atom stereocenters. The number of nitrogens with one attached hydrogen (secondary N) is 1. The Labute approximate surface area is 136 Å². The van der Waals surface area contributed by atoms with Crippen LogP contribution in [0.5, 0.6) is 0 Å². The second kappa shape index (κ2) is 9.28. The number of thioether (sulfide) groups is 1. The number of aromatic nitrogens is 1. The molecule has 118 valence electrons. The first-order valence-corrected chi connectivity index (χ1v) is 8.48. The molecule has 4 nitrogen and oxygen atoms in total. The first kappa shape index (κ1) is 18.3. The Balaban J connectivity index is 2.28. The minimum atomic E-state index is -0.598. The Hall–Kier alpha value is -0.780. The van der Waals surface area contributed by atoms with Crippen molar-refractivity contribution in [2.24, 2.45) is 0 Å². The molecule has 0 aliphatic rings. The number of carbonyl (C=O) groups is 1. The second-order valence-corrected chi connectivity index (χ2v) is 6.47. The van der Waals surface area contributed by atoms with Crippen LogP contribution in [0, 0.1) is 0 Å². The molecule has 0 saturated carbocycles. The van der Waals surface area contributed by atoms with Gasteiger partial charge in [-0.1, -0.05) is 18.0 Å². The lowest BCUT2D eigenvalue weighted by molar-refractivity contribution is -0.150. The molecular formula is C15H23ClN2O2S. The Kier molecular flexibility index (Phi) is 8.07. The van der Waals surface area contributed by atoms with E-state index in [-0.39, 0.29) is 5.97 Å². The van der Waals surface area contributed by atoms with Crippen LogP contribution in [0.1, 0.15) is 33.1 Å². The van der Waals surface area contributed by atoms with Gasteiger partial charge in [-0.2, -0.15) is 0 Å². The molecule has 0 radical (unpaired) electrons. The minimum Gasteiger partial charge on any atom is -0.465 e. The fraction of sp³-hybridized carbons (Fsp3) is 0.600. The summed E-state index contributed by atoms with van der Waals surface area (Å²) in [6.45, 7) is 4.12. The van der Waals surface area contributed by atoms with Gasteiger partial charge in [-0.05, 0) is 51.6 Å². The summed E-state index contributed by atoms with van der Waals surface area (Å²) in [7, 11) is 1.79. The van der Waals surface area contributed by atoms with Gasteiger partial charge in [0, 0.05) is 6.20 Å². The Morgan fingerprint density at radius 2 is 2.24 bits per heavy atom. The normalized spacial score (nSPS) is 13.7. The molecule has 21 heavy (non-hydrogen) atoms. The van der Waals surface area contributed by atoms with Crippen LogP contribution < -0.4 is 5.32 Å². The number of hydrogen-bond donors (Lipinski definition) is 1. The Bertz CT molecular complexity index is 442. The van der Waals surface area contributed by atoms with E-state index in [1.54, 1.807) is 25.0 Å². The van der Waals surface area contributed by atoms with Gasteiger partial charge in [0.25, 0.3) is 0 Å². The highest BCUT2D eigenvalue weighted by Crippen LogP contribution is 2.21. The van der Waals surface area contributed by atoms with Crippen molar-refractivity contribution in [3.05, 3.63) is 23.4 Å². The molecule has 6 heteroatoms. The van der Waals surface area contributed by atoms with Gasteiger partial charge >= 0.3 is 5.97 Å². The van der Waals surface area contributed by atoms with E-state index in [0.29, 0.717) is 11.6 Å². The third kappa shape index (κ3) is 6.24. The number of carbonyl (C=O) groups excluding carboxylic acids is 1. The van der Waals surface area contributed by atoms with Gasteiger partial charge in [0.05, 0.1) is 16.7 Å². The van der Waals surface area contributed by atoms with Crippen molar-refractivity contribution in [1.82, 2.24) is 10.3 Å². The molecule has 1 heterocycles. The molecule has 1 aromatic rings. The van der Waals surface area contributed by atoms with E-state index < -0.39 is 5.54 Å². The summed E-state index contributed by atoms with van der Waals surface area (Å²) >= 11 is 7.49. The number of hydrogen-bond acceptors (Lipinski definition) is 5. The summed E-state index contributed by atoms with van der Waals surface area (Å²) in [6, 6.07) is 3.76. The van der Waals surface area contributed by atoms with Gasteiger partial charge in [-0.25, -0.2) is 4.98 Å². The van der Waals surface area contributed by atoms with E-state index >= 15 is 0 Å². The standard InChI is InChI=1S/C15H23ClN2O2S/c1-4-20-14(19)15(2,17-3)9-5-6-10-21-13-8-7-12(16)11-18-13/h7-8,11,17H,4-6,9-10H2,1-3H3. The quantitative estimate of drug-likeness (QED) is 0.426. The summed E-state index contributed by atoms with van der Waals surface area (Å²) in [5, 5.41) is 4.69. The first-order valence-electron chi connectivity index (χ1n) is 7.12. The molecule has 0 aromatic carbocycles. The zero-order valence-electron chi connectivity index (χ0n) is 12.8. The highest BCUT2D eigenvalue weighted by molar-refractivity contribution is 7.99. The number of likely N-dealkylation sites (N-methyl/N-ethyl adjacent to an activating group) is 1. The third-order valence-corrected chi connectivity index (χ3v) is 4.55. The maximum Gasteiger partial charge on any atom is 0.326 e. The third-order valence-electron chi connectivity index (χ3n) is 3.30. The van der Waals surface area contributed by atoms with Crippen LogP contribution in [0.4, 0.5) is 0 Å². The molecule has 0 aliphatic carbocycles. The largest absolute Gasteiger partial charge is 0.465 e. The molecule has 0 spiro atoms. The molecule has 0 aliphatic heterocycles. The van der Waals surface area contributed by atoms with E-state index in [0.717, 1.165) is 30.0 Å². The Morgan fingerprint density at radius 3 is 2.81 bits per heavy atom. The number of unbranched alkanes of at least 4 members (excludes halogenated alkanes) is 1. The van der Waals surface area contributed by atoms with Crippen LogP contribution in [-0.4, -0.2) is 35.9 Å². The van der Waals surface area contributed by atoms with Crippen molar-refractivity contribution in [2.45, 2.75) is 43.7 Å². The highest BCUT2D eigenvalue weighted by Gasteiger charge is 2.32. The van der Waals surface area contributed by atoms with Gasteiger partial charge in [0.15, 0.2) is 0 Å². The van der Waals surface area contributed by atoms with Crippen molar-refractivity contribution in [2.75, 3.05) is 19.4 Å². The van der Waals surface area contributed by atoms with Gasteiger partial charge < -0.3 is 10.1 Å². The van der Waals surface area contributed by atoms with E-state index in [4.69, 9.17) is 16.3 Å². The van der Waals surface area contributed by atoms with Crippen molar-refractivity contribution < 1.29 is 9.53 Å². The molecule has 0 bridgehead atoms. The second-order valence-electron chi connectivity index (χ2n) is 4.92. The molecule has 1 rings (SSSR count). The number of ether oxygens (including phenoxy) is 1. The molecule has 0 fully saturated rings. The molecule has 0 saturated heterocycles. The predicted octanol–water partition coefficient (Wildman–Crippen LogP) is 3.54. The molecule has 0 amide bonds. The minimum absolute atomic E-state index is 0.181. The maximum atomic E-state index is 11.9. The van der Waals surface area contributed by atoms with Crippen LogP contribution in [0.25, 0.3) is 0 Å². The number of nitrogens with zero attached hydrogens (tertiary/aromatic N) is 1. The van der Waals surface area contributed by atoms with Gasteiger partial charge in [-0.15, -0.1) is 11.8 Å². The lowest BCUT2D eigenvalue weighted by Gasteiger charge is -2.26. The van der Waals surface area contributed by atoms with Gasteiger partial charge in [-0.3, -0.25) is 4.79 Å². The summed E-state index contributed by atoms with van der Waals surface area (Å²) in [5.74, 6) is 0.788. The average molecular weight is 331 g/mol. The topological polar surface area (TPSA) is 51.2 Å². The van der Waals surface area contributed by atoms with Crippen LogP contribution in [-0.2, 0) is 9.53 Å². The van der Waals surface area contributed by atoms with E-state index in [1.165, 1.54) is 0 Å².